The van der Waals surface area contributed by atoms with E-state index in [9.17, 15) is 8.42 Å². The maximum absolute atomic E-state index is 12.6. The topological polar surface area (TPSA) is 64.6 Å². The first-order chi connectivity index (χ1) is 10.9. The number of hydrogen-bond acceptors (Lipinski definition) is 4. The van der Waals surface area contributed by atoms with Gasteiger partial charge in [0.05, 0.1) is 14.2 Å². The zero-order valence-electron chi connectivity index (χ0n) is 13.7. The number of rotatable bonds is 6. The highest BCUT2D eigenvalue weighted by Gasteiger charge is 2.21. The number of aryl methyl sites for hydroxylation is 2. The monoisotopic (exact) mass is 335 g/mol. The predicted octanol–water partition coefficient (Wildman–Crippen LogP) is 2.80. The van der Waals surface area contributed by atoms with Crippen molar-refractivity contribution in [2.45, 2.75) is 25.3 Å². The fourth-order valence-corrected chi connectivity index (χ4v) is 3.72. The summed E-state index contributed by atoms with van der Waals surface area (Å²) in [6, 6.07) is 10.7. The Kier molecular flexibility index (Phi) is 5.28. The van der Waals surface area contributed by atoms with Crippen molar-refractivity contribution in [2.75, 3.05) is 14.2 Å². The van der Waals surface area contributed by atoms with Gasteiger partial charge in [-0.3, -0.25) is 0 Å². The van der Waals surface area contributed by atoms with Gasteiger partial charge in [0.2, 0.25) is 10.0 Å². The minimum absolute atomic E-state index is 0.158. The Morgan fingerprint density at radius 2 is 1.65 bits per heavy atom. The van der Waals surface area contributed by atoms with Gasteiger partial charge in [0.1, 0.15) is 16.4 Å². The fraction of sp³-hybridized carbons (Fsp3) is 0.294. The van der Waals surface area contributed by atoms with Gasteiger partial charge in [-0.25, -0.2) is 13.1 Å². The first-order valence-electron chi connectivity index (χ1n) is 7.15. The van der Waals surface area contributed by atoms with Crippen LogP contribution in [-0.2, 0) is 16.6 Å². The van der Waals surface area contributed by atoms with Crippen molar-refractivity contribution in [1.29, 1.82) is 0 Å². The standard InChI is InChI=1S/C17H21NO4S/c1-12-9-13(2)17(22-4)16(10-12)23(19,20)18-11-14-5-7-15(21-3)8-6-14/h5-10,18H,11H2,1-4H3. The molecule has 124 valence electrons. The van der Waals surface area contributed by atoms with Crippen molar-refractivity contribution in [3.8, 4) is 11.5 Å². The Morgan fingerprint density at radius 3 is 2.22 bits per heavy atom. The maximum atomic E-state index is 12.6. The molecule has 0 aromatic heterocycles. The van der Waals surface area contributed by atoms with Gasteiger partial charge in [-0.2, -0.15) is 0 Å². The van der Waals surface area contributed by atoms with Gasteiger partial charge in [-0.1, -0.05) is 18.2 Å². The van der Waals surface area contributed by atoms with Crippen LogP contribution in [0.5, 0.6) is 11.5 Å². The number of ether oxygens (including phenoxy) is 2. The van der Waals surface area contributed by atoms with Gasteiger partial charge >= 0.3 is 0 Å². The third-order valence-electron chi connectivity index (χ3n) is 3.50. The summed E-state index contributed by atoms with van der Waals surface area (Å²) < 4.78 is 38.2. The molecule has 0 heterocycles. The summed E-state index contributed by atoms with van der Waals surface area (Å²) in [6.45, 7) is 3.88. The molecule has 0 saturated heterocycles. The van der Waals surface area contributed by atoms with Crippen molar-refractivity contribution in [3.05, 3.63) is 53.1 Å². The molecule has 0 atom stereocenters. The lowest BCUT2D eigenvalue weighted by Gasteiger charge is -2.14. The van der Waals surface area contributed by atoms with Crippen LogP contribution in [0, 0.1) is 13.8 Å². The SMILES string of the molecule is COc1ccc(CNS(=O)(=O)c2cc(C)cc(C)c2OC)cc1. The molecule has 5 nitrogen and oxygen atoms in total. The van der Waals surface area contributed by atoms with Crippen LogP contribution in [0.25, 0.3) is 0 Å². The lowest BCUT2D eigenvalue weighted by molar-refractivity contribution is 0.399. The first-order valence-corrected chi connectivity index (χ1v) is 8.63. The van der Waals surface area contributed by atoms with Crippen LogP contribution in [0.4, 0.5) is 0 Å². The molecule has 2 rings (SSSR count). The normalized spacial score (nSPS) is 11.3. The molecule has 2 aromatic carbocycles. The Bertz CT molecular complexity index is 783. The Labute approximate surface area is 137 Å². The average Bonchev–Trinajstić information content (AvgIpc) is 2.53. The van der Waals surface area contributed by atoms with E-state index in [1.54, 1.807) is 25.3 Å². The quantitative estimate of drug-likeness (QED) is 0.882. The smallest absolute Gasteiger partial charge is 0.244 e. The summed E-state index contributed by atoms with van der Waals surface area (Å²) in [6.07, 6.45) is 0. The number of sulfonamides is 1. The highest BCUT2D eigenvalue weighted by Crippen LogP contribution is 2.29. The van der Waals surface area contributed by atoms with Crippen molar-refractivity contribution in [1.82, 2.24) is 4.72 Å². The molecule has 0 unspecified atom stereocenters. The third-order valence-corrected chi connectivity index (χ3v) is 4.91. The number of methoxy groups -OCH3 is 2. The molecule has 0 fully saturated rings. The zero-order valence-corrected chi connectivity index (χ0v) is 14.5. The van der Waals surface area contributed by atoms with E-state index in [2.05, 4.69) is 4.72 Å². The summed E-state index contributed by atoms with van der Waals surface area (Å²) in [7, 11) is -0.608. The summed E-state index contributed by atoms with van der Waals surface area (Å²) >= 11 is 0. The highest BCUT2D eigenvalue weighted by molar-refractivity contribution is 7.89. The van der Waals surface area contributed by atoms with Crippen molar-refractivity contribution in [2.24, 2.45) is 0 Å². The van der Waals surface area contributed by atoms with Crippen LogP contribution in [0.2, 0.25) is 0 Å². The fourth-order valence-electron chi connectivity index (χ4n) is 2.38. The Balaban J connectivity index is 2.25. The summed E-state index contributed by atoms with van der Waals surface area (Å²) in [5.41, 5.74) is 2.50. The summed E-state index contributed by atoms with van der Waals surface area (Å²) in [5.74, 6) is 1.10. The average molecular weight is 335 g/mol. The second-order valence-electron chi connectivity index (χ2n) is 5.29. The molecule has 0 amide bonds. The lowest BCUT2D eigenvalue weighted by Crippen LogP contribution is -2.24. The second kappa shape index (κ2) is 7.02. The number of nitrogens with one attached hydrogen (secondary N) is 1. The van der Waals surface area contributed by atoms with Crippen LogP contribution in [-0.4, -0.2) is 22.6 Å². The predicted molar refractivity (Wildman–Crippen MR) is 89.5 cm³/mol. The van der Waals surface area contributed by atoms with Crippen LogP contribution in [0.1, 0.15) is 16.7 Å². The van der Waals surface area contributed by atoms with Gasteiger partial charge in [0.25, 0.3) is 0 Å². The Hall–Kier alpha value is -2.05. The van der Waals surface area contributed by atoms with Crippen LogP contribution < -0.4 is 14.2 Å². The molecule has 6 heteroatoms. The molecular formula is C17H21NO4S. The molecule has 23 heavy (non-hydrogen) atoms. The second-order valence-corrected chi connectivity index (χ2v) is 7.02. The van der Waals surface area contributed by atoms with Crippen molar-refractivity contribution in [3.63, 3.8) is 0 Å². The van der Waals surface area contributed by atoms with E-state index in [1.807, 2.05) is 32.0 Å². The maximum Gasteiger partial charge on any atom is 0.244 e. The van der Waals surface area contributed by atoms with Gasteiger partial charge in [-0.05, 0) is 48.7 Å². The van der Waals surface area contributed by atoms with Crippen LogP contribution in [0.15, 0.2) is 41.3 Å². The van der Waals surface area contributed by atoms with Gasteiger partial charge in [-0.15, -0.1) is 0 Å². The molecule has 0 aliphatic carbocycles. The largest absolute Gasteiger partial charge is 0.497 e. The molecule has 0 radical (unpaired) electrons. The number of benzene rings is 2. The molecule has 0 saturated carbocycles. The molecule has 0 spiro atoms. The van der Waals surface area contributed by atoms with Crippen molar-refractivity contribution >= 4 is 10.0 Å². The molecular weight excluding hydrogens is 314 g/mol. The van der Waals surface area contributed by atoms with Gasteiger partial charge < -0.3 is 9.47 Å². The van der Waals surface area contributed by atoms with E-state index in [1.165, 1.54) is 7.11 Å². The van der Waals surface area contributed by atoms with Crippen LogP contribution in [0.3, 0.4) is 0 Å². The summed E-state index contributed by atoms with van der Waals surface area (Å²) in [5, 5.41) is 0. The lowest BCUT2D eigenvalue weighted by atomic mass is 10.1. The third kappa shape index (κ3) is 4.03. The van der Waals surface area contributed by atoms with E-state index in [-0.39, 0.29) is 11.4 Å². The first kappa shape index (κ1) is 17.3. The molecule has 0 bridgehead atoms. The minimum Gasteiger partial charge on any atom is -0.497 e. The van der Waals surface area contributed by atoms with E-state index in [0.717, 1.165) is 22.4 Å². The Morgan fingerprint density at radius 1 is 1.00 bits per heavy atom. The van der Waals surface area contributed by atoms with E-state index >= 15 is 0 Å². The van der Waals surface area contributed by atoms with E-state index in [4.69, 9.17) is 9.47 Å². The summed E-state index contributed by atoms with van der Waals surface area (Å²) in [4.78, 5) is 0.158. The van der Waals surface area contributed by atoms with Crippen LogP contribution >= 0.6 is 0 Å². The molecule has 0 aliphatic rings. The van der Waals surface area contributed by atoms with E-state index in [0.29, 0.717) is 5.75 Å². The van der Waals surface area contributed by atoms with E-state index < -0.39 is 10.0 Å². The van der Waals surface area contributed by atoms with Crippen molar-refractivity contribution < 1.29 is 17.9 Å². The zero-order chi connectivity index (χ0) is 17.0. The molecule has 0 aliphatic heterocycles. The van der Waals surface area contributed by atoms with Gasteiger partial charge in [0.15, 0.2) is 0 Å². The minimum atomic E-state index is -3.67. The van der Waals surface area contributed by atoms with Gasteiger partial charge in [0, 0.05) is 6.54 Å². The highest BCUT2D eigenvalue weighted by atomic mass is 32.2. The molecule has 1 N–H and O–H groups in total. The number of hydrogen-bond donors (Lipinski definition) is 1. The molecule has 2 aromatic rings.